The van der Waals surface area contributed by atoms with Crippen LogP contribution >= 0.6 is 11.6 Å². The lowest BCUT2D eigenvalue weighted by atomic mass is 10.2. The van der Waals surface area contributed by atoms with E-state index in [-0.39, 0.29) is 5.91 Å². The number of hydrogen-bond acceptors (Lipinski definition) is 4. The number of halogens is 1. The van der Waals surface area contributed by atoms with Gasteiger partial charge in [0.05, 0.1) is 13.2 Å². The summed E-state index contributed by atoms with van der Waals surface area (Å²) in [6.45, 7) is 3.78. The van der Waals surface area contributed by atoms with Gasteiger partial charge in [-0.05, 0) is 19.1 Å². The van der Waals surface area contributed by atoms with Gasteiger partial charge in [-0.15, -0.1) is 0 Å². The summed E-state index contributed by atoms with van der Waals surface area (Å²) in [7, 11) is 3.21. The SMILES string of the molecule is COCCN(CCOC)C(=O)c1cc(C)nc(Cl)c1. The van der Waals surface area contributed by atoms with Crippen LogP contribution in [0.25, 0.3) is 0 Å². The first kappa shape index (κ1) is 15.9. The molecule has 0 unspecified atom stereocenters. The molecule has 19 heavy (non-hydrogen) atoms. The number of hydrogen-bond donors (Lipinski definition) is 0. The monoisotopic (exact) mass is 286 g/mol. The molecule has 0 saturated heterocycles. The van der Waals surface area contributed by atoms with E-state index in [1.165, 1.54) is 0 Å². The Hall–Kier alpha value is -1.17. The molecule has 0 aliphatic rings. The largest absolute Gasteiger partial charge is 0.383 e. The van der Waals surface area contributed by atoms with Gasteiger partial charge in [0.2, 0.25) is 0 Å². The molecule has 0 aliphatic heterocycles. The van der Waals surface area contributed by atoms with E-state index in [1.54, 1.807) is 38.2 Å². The van der Waals surface area contributed by atoms with Crippen molar-refractivity contribution >= 4 is 17.5 Å². The summed E-state index contributed by atoms with van der Waals surface area (Å²) in [6, 6.07) is 3.30. The maximum atomic E-state index is 12.4. The second kappa shape index (κ2) is 8.09. The van der Waals surface area contributed by atoms with Gasteiger partial charge in [-0.25, -0.2) is 4.98 Å². The van der Waals surface area contributed by atoms with Crippen LogP contribution in [-0.4, -0.2) is 56.3 Å². The maximum Gasteiger partial charge on any atom is 0.254 e. The van der Waals surface area contributed by atoms with Crippen molar-refractivity contribution in [3.8, 4) is 0 Å². The fourth-order valence-electron chi connectivity index (χ4n) is 1.65. The summed E-state index contributed by atoms with van der Waals surface area (Å²) in [5, 5.41) is 0.321. The van der Waals surface area contributed by atoms with Crippen molar-refractivity contribution in [2.75, 3.05) is 40.5 Å². The summed E-state index contributed by atoms with van der Waals surface area (Å²) in [5.74, 6) is -0.0958. The zero-order chi connectivity index (χ0) is 14.3. The highest BCUT2D eigenvalue weighted by Crippen LogP contribution is 2.12. The average molecular weight is 287 g/mol. The number of carbonyl (C=O) groups is 1. The molecule has 0 radical (unpaired) electrons. The molecule has 106 valence electrons. The van der Waals surface area contributed by atoms with Gasteiger partial charge in [0.25, 0.3) is 5.91 Å². The van der Waals surface area contributed by atoms with Gasteiger partial charge >= 0.3 is 0 Å². The Labute approximate surface area is 118 Å². The van der Waals surface area contributed by atoms with Crippen LogP contribution in [0, 0.1) is 6.92 Å². The molecule has 1 aromatic heterocycles. The van der Waals surface area contributed by atoms with E-state index >= 15 is 0 Å². The van der Waals surface area contributed by atoms with Gasteiger partial charge in [0, 0.05) is 38.6 Å². The molecule has 0 fully saturated rings. The standard InChI is InChI=1S/C13H19ClN2O3/c1-10-8-11(9-12(14)15-10)13(17)16(4-6-18-2)5-7-19-3/h8-9H,4-7H2,1-3H3. The van der Waals surface area contributed by atoms with E-state index in [0.29, 0.717) is 42.7 Å². The molecular formula is C13H19ClN2O3. The smallest absolute Gasteiger partial charge is 0.254 e. The van der Waals surface area contributed by atoms with Crippen molar-refractivity contribution in [3.63, 3.8) is 0 Å². The first-order valence-electron chi connectivity index (χ1n) is 5.99. The van der Waals surface area contributed by atoms with Crippen LogP contribution < -0.4 is 0 Å². The highest BCUT2D eigenvalue weighted by molar-refractivity contribution is 6.29. The van der Waals surface area contributed by atoms with Crippen molar-refractivity contribution in [2.24, 2.45) is 0 Å². The molecule has 1 amide bonds. The minimum Gasteiger partial charge on any atom is -0.383 e. The number of ether oxygens (including phenoxy) is 2. The number of nitrogens with zero attached hydrogens (tertiary/aromatic N) is 2. The van der Waals surface area contributed by atoms with Crippen molar-refractivity contribution in [3.05, 3.63) is 28.5 Å². The normalized spacial score (nSPS) is 10.5. The molecule has 1 heterocycles. The molecule has 0 atom stereocenters. The fraction of sp³-hybridized carbons (Fsp3) is 0.538. The number of rotatable bonds is 7. The molecule has 0 spiro atoms. The number of amides is 1. The van der Waals surface area contributed by atoms with Crippen LogP contribution in [0.5, 0.6) is 0 Å². The van der Waals surface area contributed by atoms with Gasteiger partial charge in [0.15, 0.2) is 0 Å². The van der Waals surface area contributed by atoms with E-state index in [9.17, 15) is 4.79 Å². The quantitative estimate of drug-likeness (QED) is 0.717. The number of carbonyl (C=O) groups excluding carboxylic acids is 1. The molecule has 5 nitrogen and oxygen atoms in total. The third-order valence-electron chi connectivity index (χ3n) is 2.59. The van der Waals surface area contributed by atoms with Crippen LogP contribution in [0.3, 0.4) is 0 Å². The lowest BCUT2D eigenvalue weighted by Gasteiger charge is -2.22. The van der Waals surface area contributed by atoms with Crippen molar-refractivity contribution in [1.29, 1.82) is 0 Å². The number of methoxy groups -OCH3 is 2. The third kappa shape index (κ3) is 5.14. The number of aryl methyl sites for hydroxylation is 1. The highest BCUT2D eigenvalue weighted by Gasteiger charge is 2.16. The Morgan fingerprint density at radius 3 is 2.32 bits per heavy atom. The third-order valence-corrected chi connectivity index (χ3v) is 2.78. The first-order valence-corrected chi connectivity index (χ1v) is 6.37. The predicted octanol–water partition coefficient (Wildman–Crippen LogP) is 1.78. The Morgan fingerprint density at radius 2 is 1.84 bits per heavy atom. The minimum atomic E-state index is -0.0958. The molecule has 0 bridgehead atoms. The van der Waals surface area contributed by atoms with Crippen LogP contribution in [0.2, 0.25) is 5.15 Å². The maximum absolute atomic E-state index is 12.4. The van der Waals surface area contributed by atoms with E-state index < -0.39 is 0 Å². The van der Waals surface area contributed by atoms with Crippen LogP contribution in [0.4, 0.5) is 0 Å². The van der Waals surface area contributed by atoms with E-state index in [2.05, 4.69) is 4.98 Å². The molecule has 0 aromatic carbocycles. The zero-order valence-electron chi connectivity index (χ0n) is 11.5. The molecular weight excluding hydrogens is 268 g/mol. The lowest BCUT2D eigenvalue weighted by molar-refractivity contribution is 0.0627. The van der Waals surface area contributed by atoms with Crippen molar-refractivity contribution in [2.45, 2.75) is 6.92 Å². The summed E-state index contributed by atoms with van der Waals surface area (Å²) < 4.78 is 10.0. The molecule has 1 aromatic rings. The Morgan fingerprint density at radius 1 is 1.26 bits per heavy atom. The molecule has 0 aliphatic carbocycles. The summed E-state index contributed by atoms with van der Waals surface area (Å²) in [6.07, 6.45) is 0. The van der Waals surface area contributed by atoms with E-state index in [1.807, 2.05) is 0 Å². The molecule has 0 N–H and O–H groups in total. The summed E-state index contributed by atoms with van der Waals surface area (Å²) in [5.41, 5.74) is 1.25. The van der Waals surface area contributed by atoms with Gasteiger partial charge in [-0.3, -0.25) is 4.79 Å². The van der Waals surface area contributed by atoms with Gasteiger partial charge in [0.1, 0.15) is 5.15 Å². The second-order valence-corrected chi connectivity index (χ2v) is 4.48. The number of aromatic nitrogens is 1. The average Bonchev–Trinajstić information content (AvgIpc) is 2.37. The molecule has 6 heteroatoms. The highest BCUT2D eigenvalue weighted by atomic mass is 35.5. The minimum absolute atomic E-state index is 0.0958. The predicted molar refractivity (Wildman–Crippen MR) is 73.6 cm³/mol. The Balaban J connectivity index is 2.84. The van der Waals surface area contributed by atoms with Gasteiger partial charge < -0.3 is 14.4 Å². The Bertz CT molecular complexity index is 398. The lowest BCUT2D eigenvalue weighted by Crippen LogP contribution is -2.36. The zero-order valence-corrected chi connectivity index (χ0v) is 12.2. The number of pyridine rings is 1. The first-order chi connectivity index (χ1) is 9.08. The topological polar surface area (TPSA) is 51.7 Å². The summed E-state index contributed by atoms with van der Waals surface area (Å²) in [4.78, 5) is 18.1. The van der Waals surface area contributed by atoms with E-state index in [0.717, 1.165) is 0 Å². The van der Waals surface area contributed by atoms with Gasteiger partial charge in [-0.2, -0.15) is 0 Å². The van der Waals surface area contributed by atoms with Gasteiger partial charge in [-0.1, -0.05) is 11.6 Å². The fourth-order valence-corrected chi connectivity index (χ4v) is 1.90. The van der Waals surface area contributed by atoms with E-state index in [4.69, 9.17) is 21.1 Å². The van der Waals surface area contributed by atoms with Crippen LogP contribution in [0.1, 0.15) is 16.1 Å². The second-order valence-electron chi connectivity index (χ2n) is 4.10. The summed E-state index contributed by atoms with van der Waals surface area (Å²) >= 11 is 5.88. The van der Waals surface area contributed by atoms with Crippen LogP contribution in [-0.2, 0) is 9.47 Å². The van der Waals surface area contributed by atoms with Crippen molar-refractivity contribution < 1.29 is 14.3 Å². The van der Waals surface area contributed by atoms with Crippen molar-refractivity contribution in [1.82, 2.24) is 9.88 Å². The Kier molecular flexibility index (Phi) is 6.77. The molecule has 0 saturated carbocycles. The molecule has 1 rings (SSSR count). The van der Waals surface area contributed by atoms with Crippen LogP contribution in [0.15, 0.2) is 12.1 Å².